The summed E-state index contributed by atoms with van der Waals surface area (Å²) in [6.07, 6.45) is 2.12. The Morgan fingerprint density at radius 2 is 2.32 bits per heavy atom. The summed E-state index contributed by atoms with van der Waals surface area (Å²) in [6.45, 7) is 5.38. The van der Waals surface area contributed by atoms with Crippen LogP contribution in [-0.4, -0.2) is 31.3 Å². The van der Waals surface area contributed by atoms with Crippen molar-refractivity contribution in [2.75, 3.05) is 31.1 Å². The quantitative estimate of drug-likeness (QED) is 0.857. The van der Waals surface area contributed by atoms with Crippen LogP contribution < -0.4 is 10.2 Å². The molecule has 0 spiro atoms. The molecule has 0 radical (unpaired) electrons. The van der Waals surface area contributed by atoms with E-state index >= 15 is 0 Å². The van der Waals surface area contributed by atoms with E-state index in [2.05, 4.69) is 10.2 Å². The van der Waals surface area contributed by atoms with Crippen LogP contribution in [0.15, 0.2) is 18.2 Å². The molecular formula is C15H23FN2O. The van der Waals surface area contributed by atoms with Crippen molar-refractivity contribution in [2.24, 2.45) is 5.92 Å². The normalized spacial score (nSPS) is 19.7. The fourth-order valence-electron chi connectivity index (χ4n) is 2.70. The molecule has 1 atom stereocenters. The van der Waals surface area contributed by atoms with Crippen LogP contribution in [0.3, 0.4) is 0 Å². The summed E-state index contributed by atoms with van der Waals surface area (Å²) < 4.78 is 14.0. The number of halogens is 1. The molecule has 3 nitrogen and oxygen atoms in total. The fourth-order valence-corrected chi connectivity index (χ4v) is 2.70. The van der Waals surface area contributed by atoms with Crippen molar-refractivity contribution in [1.82, 2.24) is 5.32 Å². The van der Waals surface area contributed by atoms with Gasteiger partial charge in [-0.05, 0) is 37.4 Å². The van der Waals surface area contributed by atoms with Crippen LogP contribution in [0.25, 0.3) is 0 Å². The van der Waals surface area contributed by atoms with Crippen molar-refractivity contribution in [3.63, 3.8) is 0 Å². The molecule has 1 aromatic carbocycles. The molecule has 2 rings (SSSR count). The first-order valence-corrected chi connectivity index (χ1v) is 7.10. The topological polar surface area (TPSA) is 35.5 Å². The highest BCUT2D eigenvalue weighted by molar-refractivity contribution is 5.54. The molecule has 0 aliphatic carbocycles. The number of anilines is 1. The molecule has 19 heavy (non-hydrogen) atoms. The summed E-state index contributed by atoms with van der Waals surface area (Å²) in [7, 11) is 0. The maximum absolute atomic E-state index is 14.0. The summed E-state index contributed by atoms with van der Waals surface area (Å²) in [5.41, 5.74) is 1.71. The van der Waals surface area contributed by atoms with E-state index in [9.17, 15) is 9.50 Å². The monoisotopic (exact) mass is 266 g/mol. The summed E-state index contributed by atoms with van der Waals surface area (Å²) in [5.74, 6) is 0.161. The molecule has 0 aromatic heterocycles. The van der Waals surface area contributed by atoms with Gasteiger partial charge in [0.1, 0.15) is 5.82 Å². The molecule has 1 aliphatic rings. The van der Waals surface area contributed by atoms with Crippen molar-refractivity contribution < 1.29 is 9.50 Å². The average molecular weight is 266 g/mol. The molecule has 1 fully saturated rings. The number of nitrogens with zero attached hydrogens (tertiary/aromatic N) is 1. The molecule has 1 aliphatic heterocycles. The predicted molar refractivity (Wildman–Crippen MR) is 75.8 cm³/mol. The third-order valence-electron chi connectivity index (χ3n) is 3.76. The second-order valence-corrected chi connectivity index (χ2v) is 5.15. The number of hydrogen-bond acceptors (Lipinski definition) is 3. The number of rotatable bonds is 5. The molecule has 2 N–H and O–H groups in total. The zero-order chi connectivity index (χ0) is 13.7. The van der Waals surface area contributed by atoms with Crippen LogP contribution in [0.5, 0.6) is 0 Å². The lowest BCUT2D eigenvalue weighted by molar-refractivity contribution is 0.208. The highest BCUT2D eigenvalue weighted by atomic mass is 19.1. The Kier molecular flexibility index (Phi) is 5.16. The van der Waals surface area contributed by atoms with Gasteiger partial charge in [0.2, 0.25) is 0 Å². The van der Waals surface area contributed by atoms with Crippen LogP contribution >= 0.6 is 0 Å². The van der Waals surface area contributed by atoms with Crippen molar-refractivity contribution >= 4 is 5.69 Å². The lowest BCUT2D eigenvalue weighted by Gasteiger charge is -2.35. The lowest BCUT2D eigenvalue weighted by atomic mass is 9.97. The summed E-state index contributed by atoms with van der Waals surface area (Å²) in [5, 5.41) is 12.5. The van der Waals surface area contributed by atoms with Crippen molar-refractivity contribution in [3.05, 3.63) is 29.6 Å². The zero-order valence-corrected chi connectivity index (χ0v) is 11.5. The molecule has 0 amide bonds. The van der Waals surface area contributed by atoms with Crippen LogP contribution in [0.2, 0.25) is 0 Å². The lowest BCUT2D eigenvalue weighted by Crippen LogP contribution is -2.37. The van der Waals surface area contributed by atoms with Gasteiger partial charge < -0.3 is 15.3 Å². The van der Waals surface area contributed by atoms with Gasteiger partial charge in [-0.3, -0.25) is 0 Å². The molecular weight excluding hydrogens is 243 g/mol. The minimum atomic E-state index is -0.149. The Hall–Kier alpha value is -1.13. The summed E-state index contributed by atoms with van der Waals surface area (Å²) in [6, 6.07) is 5.27. The van der Waals surface area contributed by atoms with Crippen LogP contribution in [0.4, 0.5) is 10.1 Å². The Balaban J connectivity index is 2.20. The first-order valence-electron chi connectivity index (χ1n) is 7.10. The molecule has 106 valence electrons. The van der Waals surface area contributed by atoms with E-state index in [1.165, 1.54) is 6.07 Å². The van der Waals surface area contributed by atoms with Gasteiger partial charge in [0.05, 0.1) is 0 Å². The number of aliphatic hydroxyl groups is 1. The highest BCUT2D eigenvalue weighted by Crippen LogP contribution is 2.28. The molecule has 1 saturated heterocycles. The van der Waals surface area contributed by atoms with E-state index in [0.29, 0.717) is 12.5 Å². The molecule has 4 heteroatoms. The minimum Gasteiger partial charge on any atom is -0.396 e. The van der Waals surface area contributed by atoms with E-state index in [1.807, 2.05) is 13.0 Å². The van der Waals surface area contributed by atoms with Gasteiger partial charge in [-0.2, -0.15) is 0 Å². The van der Waals surface area contributed by atoms with Crippen molar-refractivity contribution in [1.29, 1.82) is 0 Å². The summed E-state index contributed by atoms with van der Waals surface area (Å²) in [4.78, 5) is 2.21. The van der Waals surface area contributed by atoms with Gasteiger partial charge in [0.15, 0.2) is 0 Å². The average Bonchev–Trinajstić information content (AvgIpc) is 2.46. The molecule has 0 saturated carbocycles. The zero-order valence-electron chi connectivity index (χ0n) is 11.5. The first-order chi connectivity index (χ1) is 9.26. The van der Waals surface area contributed by atoms with E-state index in [0.717, 1.165) is 43.7 Å². The van der Waals surface area contributed by atoms with Gasteiger partial charge in [-0.25, -0.2) is 4.39 Å². The number of benzene rings is 1. The molecule has 0 bridgehead atoms. The van der Waals surface area contributed by atoms with Crippen LogP contribution in [-0.2, 0) is 6.54 Å². The molecule has 1 aromatic rings. The van der Waals surface area contributed by atoms with Gasteiger partial charge >= 0.3 is 0 Å². The van der Waals surface area contributed by atoms with E-state index in [1.54, 1.807) is 6.07 Å². The Morgan fingerprint density at radius 1 is 1.47 bits per heavy atom. The Morgan fingerprint density at radius 3 is 3.05 bits per heavy atom. The van der Waals surface area contributed by atoms with E-state index in [4.69, 9.17) is 0 Å². The minimum absolute atomic E-state index is 0.149. The highest BCUT2D eigenvalue weighted by Gasteiger charge is 2.22. The predicted octanol–water partition coefficient (Wildman–Crippen LogP) is 2.14. The standard InChI is InChI=1S/C15H23FN2O/c1-2-17-9-13-14(16)6-3-7-15(13)18-8-4-5-12(10-18)11-19/h3,6-7,12,17,19H,2,4-5,8-11H2,1H3. The second-order valence-electron chi connectivity index (χ2n) is 5.15. The van der Waals surface area contributed by atoms with E-state index < -0.39 is 0 Å². The van der Waals surface area contributed by atoms with Gasteiger partial charge in [-0.15, -0.1) is 0 Å². The van der Waals surface area contributed by atoms with Crippen LogP contribution in [0, 0.1) is 11.7 Å². The van der Waals surface area contributed by atoms with Crippen LogP contribution in [0.1, 0.15) is 25.3 Å². The summed E-state index contributed by atoms with van der Waals surface area (Å²) >= 11 is 0. The molecule has 1 unspecified atom stereocenters. The number of piperidine rings is 1. The Labute approximate surface area is 114 Å². The third kappa shape index (κ3) is 3.45. The van der Waals surface area contributed by atoms with Gasteiger partial charge in [0.25, 0.3) is 0 Å². The smallest absolute Gasteiger partial charge is 0.129 e. The number of nitrogens with one attached hydrogen (secondary N) is 1. The maximum Gasteiger partial charge on any atom is 0.129 e. The SMILES string of the molecule is CCNCc1c(F)cccc1N1CCCC(CO)C1. The second kappa shape index (κ2) is 6.87. The van der Waals surface area contributed by atoms with Crippen molar-refractivity contribution in [3.8, 4) is 0 Å². The third-order valence-corrected chi connectivity index (χ3v) is 3.76. The number of hydrogen-bond donors (Lipinski definition) is 2. The Bertz CT molecular complexity index is 411. The van der Waals surface area contributed by atoms with Crippen molar-refractivity contribution in [2.45, 2.75) is 26.3 Å². The number of aliphatic hydroxyl groups excluding tert-OH is 1. The largest absolute Gasteiger partial charge is 0.396 e. The molecule has 1 heterocycles. The van der Waals surface area contributed by atoms with E-state index in [-0.39, 0.29) is 12.4 Å². The first kappa shape index (κ1) is 14.3. The van der Waals surface area contributed by atoms with Gasteiger partial charge in [-0.1, -0.05) is 13.0 Å². The fraction of sp³-hybridized carbons (Fsp3) is 0.600. The van der Waals surface area contributed by atoms with Gasteiger partial charge in [0, 0.05) is 37.5 Å². The maximum atomic E-state index is 14.0.